The van der Waals surface area contributed by atoms with Gasteiger partial charge in [0.05, 0.1) is 0 Å². The molecule has 6 nitrogen and oxygen atoms in total. The van der Waals surface area contributed by atoms with Gasteiger partial charge in [-0.3, -0.25) is 4.79 Å². The normalized spacial score (nSPS) is 27.1. The van der Waals surface area contributed by atoms with Gasteiger partial charge in [0.1, 0.15) is 6.54 Å². The molecule has 1 unspecified atom stereocenters. The molecule has 1 N–H and O–H groups in total. The maximum atomic E-state index is 12.0. The number of amides is 3. The Balaban J connectivity index is 1.36. The zero-order chi connectivity index (χ0) is 15.5. The highest BCUT2D eigenvalue weighted by atomic mass is 16.2. The van der Waals surface area contributed by atoms with Crippen molar-refractivity contribution in [1.82, 2.24) is 20.0 Å². The second kappa shape index (κ2) is 6.86. The van der Waals surface area contributed by atoms with E-state index < -0.39 is 0 Å². The van der Waals surface area contributed by atoms with Gasteiger partial charge in [-0.25, -0.2) is 4.79 Å². The molecule has 3 aliphatic rings. The summed E-state index contributed by atoms with van der Waals surface area (Å²) in [5.41, 5.74) is 0. The van der Waals surface area contributed by atoms with Crippen molar-refractivity contribution in [3.63, 3.8) is 0 Å². The van der Waals surface area contributed by atoms with Crippen LogP contribution in [0.25, 0.3) is 0 Å². The maximum Gasteiger partial charge on any atom is 0.320 e. The van der Waals surface area contributed by atoms with E-state index in [4.69, 9.17) is 0 Å². The molecule has 0 bridgehead atoms. The fourth-order valence-electron chi connectivity index (χ4n) is 3.97. The first-order valence-electron chi connectivity index (χ1n) is 8.64. The first-order valence-corrected chi connectivity index (χ1v) is 8.64. The molecular weight excluding hydrogens is 280 g/mol. The van der Waals surface area contributed by atoms with Crippen molar-refractivity contribution in [1.29, 1.82) is 0 Å². The third-order valence-corrected chi connectivity index (χ3v) is 5.38. The van der Waals surface area contributed by atoms with Crippen molar-refractivity contribution in [2.24, 2.45) is 5.92 Å². The molecule has 0 radical (unpaired) electrons. The number of hydrogen-bond donors (Lipinski definition) is 1. The summed E-state index contributed by atoms with van der Waals surface area (Å²) in [6.45, 7) is 4.62. The molecule has 1 saturated carbocycles. The van der Waals surface area contributed by atoms with Crippen LogP contribution in [0.5, 0.6) is 0 Å². The highest BCUT2D eigenvalue weighted by molar-refractivity contribution is 5.84. The highest BCUT2D eigenvalue weighted by Gasteiger charge is 2.30. The van der Waals surface area contributed by atoms with E-state index in [9.17, 15) is 9.59 Å². The lowest BCUT2D eigenvalue weighted by Crippen LogP contribution is -2.41. The zero-order valence-electron chi connectivity index (χ0n) is 13.6. The molecule has 0 spiro atoms. The van der Waals surface area contributed by atoms with E-state index in [1.807, 2.05) is 0 Å². The molecule has 1 aliphatic carbocycles. The van der Waals surface area contributed by atoms with E-state index in [0.29, 0.717) is 19.0 Å². The van der Waals surface area contributed by atoms with Crippen LogP contribution in [0.1, 0.15) is 32.1 Å². The monoisotopic (exact) mass is 308 g/mol. The fourth-order valence-corrected chi connectivity index (χ4v) is 3.97. The number of hydrogen-bond acceptors (Lipinski definition) is 3. The Morgan fingerprint density at radius 3 is 2.64 bits per heavy atom. The molecule has 6 heteroatoms. The number of carbonyl (C=O) groups excluding carboxylic acids is 2. The lowest BCUT2D eigenvalue weighted by Gasteiger charge is -2.23. The van der Waals surface area contributed by atoms with Gasteiger partial charge in [0, 0.05) is 39.3 Å². The minimum Gasteiger partial charge on any atom is -0.354 e. The third-order valence-electron chi connectivity index (χ3n) is 5.38. The number of rotatable bonds is 5. The van der Waals surface area contributed by atoms with Gasteiger partial charge < -0.3 is 20.0 Å². The summed E-state index contributed by atoms with van der Waals surface area (Å²) in [5.74, 6) is 0.546. The molecule has 2 aliphatic heterocycles. The van der Waals surface area contributed by atoms with Crippen molar-refractivity contribution in [2.45, 2.75) is 38.1 Å². The van der Waals surface area contributed by atoms with Gasteiger partial charge in [0.25, 0.3) is 0 Å². The van der Waals surface area contributed by atoms with Gasteiger partial charge in [-0.15, -0.1) is 0 Å². The molecule has 0 aromatic heterocycles. The van der Waals surface area contributed by atoms with E-state index in [0.717, 1.165) is 19.1 Å². The van der Waals surface area contributed by atoms with Gasteiger partial charge >= 0.3 is 6.03 Å². The van der Waals surface area contributed by atoms with Crippen LogP contribution in [-0.4, -0.2) is 79.0 Å². The van der Waals surface area contributed by atoms with Crippen LogP contribution in [0.15, 0.2) is 0 Å². The van der Waals surface area contributed by atoms with Crippen LogP contribution in [0.4, 0.5) is 4.79 Å². The van der Waals surface area contributed by atoms with Crippen molar-refractivity contribution in [3.05, 3.63) is 0 Å². The van der Waals surface area contributed by atoms with Crippen LogP contribution >= 0.6 is 0 Å². The van der Waals surface area contributed by atoms with Crippen LogP contribution in [0, 0.1) is 5.92 Å². The summed E-state index contributed by atoms with van der Waals surface area (Å²) >= 11 is 0. The standard InChI is InChI=1S/C16H28N4O2/c1-18-8-9-20(16(18)22)12-15(21)17-10-13-6-7-19(11-13)14-4-2-3-5-14/h13-14H,2-12H2,1H3,(H,17,21). The Morgan fingerprint density at radius 1 is 1.18 bits per heavy atom. The summed E-state index contributed by atoms with van der Waals surface area (Å²) in [5, 5.41) is 3.02. The van der Waals surface area contributed by atoms with Crippen LogP contribution in [-0.2, 0) is 4.79 Å². The molecule has 3 rings (SSSR count). The second-order valence-electron chi connectivity index (χ2n) is 7.02. The smallest absolute Gasteiger partial charge is 0.320 e. The molecule has 2 heterocycles. The number of nitrogens with one attached hydrogen (secondary N) is 1. The Bertz CT molecular complexity index is 422. The molecule has 0 aromatic carbocycles. The second-order valence-corrected chi connectivity index (χ2v) is 7.02. The van der Waals surface area contributed by atoms with Crippen molar-refractivity contribution in [2.75, 3.05) is 46.3 Å². The molecule has 1 atom stereocenters. The van der Waals surface area contributed by atoms with Gasteiger partial charge in [-0.1, -0.05) is 12.8 Å². The van der Waals surface area contributed by atoms with Crippen LogP contribution in [0.2, 0.25) is 0 Å². The Kier molecular flexibility index (Phi) is 4.86. The minimum absolute atomic E-state index is 0.0250. The average molecular weight is 308 g/mol. The number of urea groups is 1. The number of carbonyl (C=O) groups is 2. The van der Waals surface area contributed by atoms with Gasteiger partial charge in [0.15, 0.2) is 0 Å². The van der Waals surface area contributed by atoms with E-state index >= 15 is 0 Å². The molecule has 3 fully saturated rings. The van der Waals surface area contributed by atoms with Crippen molar-refractivity contribution < 1.29 is 9.59 Å². The zero-order valence-corrected chi connectivity index (χ0v) is 13.6. The molecule has 3 amide bonds. The van der Waals surface area contributed by atoms with Crippen molar-refractivity contribution in [3.8, 4) is 0 Å². The van der Waals surface area contributed by atoms with E-state index in [2.05, 4.69) is 10.2 Å². The van der Waals surface area contributed by atoms with Gasteiger partial charge in [-0.05, 0) is 31.7 Å². The average Bonchev–Trinajstić information content (AvgIpc) is 3.22. The summed E-state index contributed by atoms with van der Waals surface area (Å²) in [7, 11) is 1.77. The lowest BCUT2D eigenvalue weighted by molar-refractivity contribution is -0.121. The molecule has 124 valence electrons. The minimum atomic E-state index is -0.0385. The Hall–Kier alpha value is -1.30. The molecule has 0 aromatic rings. The number of nitrogens with zero attached hydrogens (tertiary/aromatic N) is 3. The molecule has 2 saturated heterocycles. The Labute approximate surface area is 132 Å². The topological polar surface area (TPSA) is 55.9 Å². The summed E-state index contributed by atoms with van der Waals surface area (Å²) in [6.07, 6.45) is 6.64. The van der Waals surface area contributed by atoms with Crippen molar-refractivity contribution >= 4 is 11.9 Å². The van der Waals surface area contributed by atoms with E-state index in [-0.39, 0.29) is 18.5 Å². The van der Waals surface area contributed by atoms with Crippen LogP contribution in [0.3, 0.4) is 0 Å². The largest absolute Gasteiger partial charge is 0.354 e. The van der Waals surface area contributed by atoms with E-state index in [1.165, 1.54) is 38.6 Å². The number of likely N-dealkylation sites (N-methyl/N-ethyl adjacent to an activating group) is 1. The summed E-state index contributed by atoms with van der Waals surface area (Å²) < 4.78 is 0. The summed E-state index contributed by atoms with van der Waals surface area (Å²) in [4.78, 5) is 29.7. The van der Waals surface area contributed by atoms with E-state index in [1.54, 1.807) is 16.8 Å². The van der Waals surface area contributed by atoms with Gasteiger partial charge in [-0.2, -0.15) is 0 Å². The third kappa shape index (κ3) is 3.54. The highest BCUT2D eigenvalue weighted by Crippen LogP contribution is 2.28. The SMILES string of the molecule is CN1CCN(CC(=O)NCC2CCN(C3CCCC3)C2)C1=O. The Morgan fingerprint density at radius 2 is 1.95 bits per heavy atom. The fraction of sp³-hybridized carbons (Fsp3) is 0.875. The first kappa shape index (κ1) is 15.6. The number of likely N-dealkylation sites (tertiary alicyclic amines) is 1. The lowest BCUT2D eigenvalue weighted by atomic mass is 10.1. The summed E-state index contributed by atoms with van der Waals surface area (Å²) in [6, 6.07) is 0.752. The quantitative estimate of drug-likeness (QED) is 0.815. The molecular formula is C16H28N4O2. The van der Waals surface area contributed by atoms with Gasteiger partial charge in [0.2, 0.25) is 5.91 Å². The predicted octanol–water partition coefficient (Wildman–Crippen LogP) is 0.735. The predicted molar refractivity (Wildman–Crippen MR) is 84.5 cm³/mol. The maximum absolute atomic E-state index is 12.0. The van der Waals surface area contributed by atoms with Crippen LogP contribution < -0.4 is 5.32 Å². The first-order chi connectivity index (χ1) is 10.6. The molecule has 22 heavy (non-hydrogen) atoms.